The Hall–Kier alpha value is -2.82. The predicted molar refractivity (Wildman–Crippen MR) is 88.7 cm³/mol. The molecule has 2 amide bonds. The van der Waals surface area contributed by atoms with Crippen LogP contribution in [0.15, 0.2) is 47.6 Å². The predicted octanol–water partition coefficient (Wildman–Crippen LogP) is 3.47. The number of aryl methyl sites for hydroxylation is 2. The van der Waals surface area contributed by atoms with Crippen LogP contribution < -0.4 is 15.5 Å². The number of carbonyl (C=O) groups excluding carboxylic acids is 1. The van der Waals surface area contributed by atoms with Crippen molar-refractivity contribution in [1.82, 2.24) is 5.43 Å². The number of nitrogens with zero attached hydrogens (tertiary/aromatic N) is 1. The van der Waals surface area contributed by atoms with Crippen LogP contribution in [-0.2, 0) is 0 Å². The average Bonchev–Trinajstić information content (AvgIpc) is 2.52. The topological polar surface area (TPSA) is 62.7 Å². The molecule has 0 aliphatic carbocycles. The number of methoxy groups -OCH3 is 1. The summed E-state index contributed by atoms with van der Waals surface area (Å²) in [6.07, 6.45) is 1.57. The van der Waals surface area contributed by atoms with E-state index >= 15 is 0 Å². The number of urea groups is 1. The highest BCUT2D eigenvalue weighted by molar-refractivity contribution is 5.91. The summed E-state index contributed by atoms with van der Waals surface area (Å²) in [7, 11) is 1.61. The highest BCUT2D eigenvalue weighted by Crippen LogP contribution is 2.19. The molecular weight excluding hydrogens is 278 g/mol. The summed E-state index contributed by atoms with van der Waals surface area (Å²) in [6.45, 7) is 3.90. The van der Waals surface area contributed by atoms with E-state index in [1.165, 1.54) is 0 Å². The molecule has 5 nitrogen and oxygen atoms in total. The number of nitrogens with one attached hydrogen (secondary N) is 2. The molecule has 22 heavy (non-hydrogen) atoms. The van der Waals surface area contributed by atoms with Crippen molar-refractivity contribution in [3.8, 4) is 5.75 Å². The van der Waals surface area contributed by atoms with Gasteiger partial charge in [-0.15, -0.1) is 0 Å². The van der Waals surface area contributed by atoms with Crippen LogP contribution in [0.25, 0.3) is 0 Å². The standard InChI is InChI=1S/C17H19N3O2/c1-12-5-4-6-13(2)16(12)19-17(21)20-18-11-14-7-9-15(22-3)10-8-14/h4-11H,1-3H3,(H2,19,20,21). The third-order valence-electron chi connectivity index (χ3n) is 3.22. The molecule has 5 heteroatoms. The van der Waals surface area contributed by atoms with Crippen LogP contribution in [0.4, 0.5) is 10.5 Å². The molecule has 114 valence electrons. The first-order valence-electron chi connectivity index (χ1n) is 6.90. The minimum atomic E-state index is -0.373. The summed E-state index contributed by atoms with van der Waals surface area (Å²) < 4.78 is 5.08. The summed E-state index contributed by atoms with van der Waals surface area (Å²) in [4.78, 5) is 11.9. The van der Waals surface area contributed by atoms with Crippen molar-refractivity contribution in [2.24, 2.45) is 5.10 Å². The van der Waals surface area contributed by atoms with E-state index in [9.17, 15) is 4.79 Å². The van der Waals surface area contributed by atoms with Crippen molar-refractivity contribution in [3.63, 3.8) is 0 Å². The first-order chi connectivity index (χ1) is 10.6. The molecule has 2 aromatic carbocycles. The molecule has 0 atom stereocenters. The molecule has 0 heterocycles. The first kappa shape index (κ1) is 15.6. The SMILES string of the molecule is COc1ccc(C=NNC(=O)Nc2c(C)cccc2C)cc1. The highest BCUT2D eigenvalue weighted by Gasteiger charge is 2.05. The fourth-order valence-electron chi connectivity index (χ4n) is 2.01. The van der Waals surface area contributed by atoms with Gasteiger partial charge >= 0.3 is 6.03 Å². The number of carbonyl (C=O) groups is 1. The lowest BCUT2D eigenvalue weighted by Gasteiger charge is -2.10. The first-order valence-corrected chi connectivity index (χ1v) is 6.90. The number of hydrogen-bond acceptors (Lipinski definition) is 3. The Morgan fingerprint density at radius 1 is 1.09 bits per heavy atom. The molecule has 2 N–H and O–H groups in total. The van der Waals surface area contributed by atoms with Gasteiger partial charge in [-0.1, -0.05) is 18.2 Å². The summed E-state index contributed by atoms with van der Waals surface area (Å²) in [5.41, 5.74) is 6.14. The monoisotopic (exact) mass is 297 g/mol. The van der Waals surface area contributed by atoms with Gasteiger partial charge in [-0.2, -0.15) is 5.10 Å². The maximum absolute atomic E-state index is 11.9. The van der Waals surface area contributed by atoms with Crippen LogP contribution in [0, 0.1) is 13.8 Å². The van der Waals surface area contributed by atoms with E-state index in [-0.39, 0.29) is 6.03 Å². The molecule has 0 aromatic heterocycles. The van der Waals surface area contributed by atoms with Crippen LogP contribution in [0.2, 0.25) is 0 Å². The smallest absolute Gasteiger partial charge is 0.339 e. The minimum absolute atomic E-state index is 0.373. The fourth-order valence-corrected chi connectivity index (χ4v) is 2.01. The Morgan fingerprint density at radius 2 is 1.73 bits per heavy atom. The van der Waals surface area contributed by atoms with Gasteiger partial charge in [0.15, 0.2) is 0 Å². The van der Waals surface area contributed by atoms with E-state index in [0.717, 1.165) is 28.1 Å². The van der Waals surface area contributed by atoms with E-state index in [2.05, 4.69) is 15.8 Å². The minimum Gasteiger partial charge on any atom is -0.497 e. The molecule has 0 aliphatic rings. The van der Waals surface area contributed by atoms with E-state index in [0.29, 0.717) is 0 Å². The maximum Gasteiger partial charge on any atom is 0.339 e. The molecule has 0 bridgehead atoms. The second-order valence-corrected chi connectivity index (χ2v) is 4.86. The lowest BCUT2D eigenvalue weighted by molar-refractivity contribution is 0.252. The number of ether oxygens (including phenoxy) is 1. The summed E-state index contributed by atoms with van der Waals surface area (Å²) in [5.74, 6) is 0.776. The molecule has 0 radical (unpaired) electrons. The number of anilines is 1. The van der Waals surface area contributed by atoms with E-state index in [1.54, 1.807) is 13.3 Å². The second kappa shape index (κ2) is 7.26. The largest absolute Gasteiger partial charge is 0.497 e. The maximum atomic E-state index is 11.9. The van der Waals surface area contributed by atoms with Gasteiger partial charge in [-0.25, -0.2) is 10.2 Å². The zero-order valence-electron chi connectivity index (χ0n) is 12.9. The number of para-hydroxylation sites is 1. The summed E-state index contributed by atoms with van der Waals surface area (Å²) in [6, 6.07) is 12.8. The van der Waals surface area contributed by atoms with Gasteiger partial charge in [0.2, 0.25) is 0 Å². The molecule has 0 unspecified atom stereocenters. The molecule has 2 rings (SSSR count). The Labute approximate surface area is 130 Å². The van der Waals surface area contributed by atoms with Gasteiger partial charge in [0.25, 0.3) is 0 Å². The van der Waals surface area contributed by atoms with Gasteiger partial charge in [0.1, 0.15) is 5.75 Å². The molecule has 0 fully saturated rings. The molecular formula is C17H19N3O2. The Balaban J connectivity index is 1.93. The van der Waals surface area contributed by atoms with Crippen molar-refractivity contribution < 1.29 is 9.53 Å². The van der Waals surface area contributed by atoms with Crippen molar-refractivity contribution in [3.05, 3.63) is 59.2 Å². The summed E-state index contributed by atoms with van der Waals surface area (Å²) >= 11 is 0. The van der Waals surface area contributed by atoms with E-state index in [4.69, 9.17) is 4.74 Å². The van der Waals surface area contributed by atoms with Crippen molar-refractivity contribution in [1.29, 1.82) is 0 Å². The number of hydrogen-bond donors (Lipinski definition) is 2. The third-order valence-corrected chi connectivity index (χ3v) is 3.22. The lowest BCUT2D eigenvalue weighted by atomic mass is 10.1. The van der Waals surface area contributed by atoms with Crippen molar-refractivity contribution in [2.45, 2.75) is 13.8 Å². The quantitative estimate of drug-likeness (QED) is 0.670. The van der Waals surface area contributed by atoms with Crippen molar-refractivity contribution in [2.75, 3.05) is 12.4 Å². The normalized spacial score (nSPS) is 10.5. The molecule has 2 aromatic rings. The van der Waals surface area contributed by atoms with Gasteiger partial charge in [-0.3, -0.25) is 0 Å². The average molecular weight is 297 g/mol. The third kappa shape index (κ3) is 4.09. The van der Waals surface area contributed by atoms with E-state index < -0.39 is 0 Å². The Kier molecular flexibility index (Phi) is 5.14. The summed E-state index contributed by atoms with van der Waals surface area (Å²) in [5, 5.41) is 6.72. The van der Waals surface area contributed by atoms with Gasteiger partial charge in [0.05, 0.1) is 13.3 Å². The van der Waals surface area contributed by atoms with Crippen LogP contribution >= 0.6 is 0 Å². The highest BCUT2D eigenvalue weighted by atomic mass is 16.5. The van der Waals surface area contributed by atoms with Crippen LogP contribution in [0.5, 0.6) is 5.75 Å². The van der Waals surface area contributed by atoms with Crippen LogP contribution in [-0.4, -0.2) is 19.4 Å². The van der Waals surface area contributed by atoms with Crippen molar-refractivity contribution >= 4 is 17.9 Å². The van der Waals surface area contributed by atoms with Crippen LogP contribution in [0.1, 0.15) is 16.7 Å². The van der Waals surface area contributed by atoms with Gasteiger partial charge < -0.3 is 10.1 Å². The van der Waals surface area contributed by atoms with E-state index in [1.807, 2.05) is 56.3 Å². The Bertz CT molecular complexity index is 659. The molecule has 0 spiro atoms. The number of amides is 2. The number of hydrazone groups is 1. The fraction of sp³-hybridized carbons (Fsp3) is 0.176. The number of benzene rings is 2. The van der Waals surface area contributed by atoms with Gasteiger partial charge in [-0.05, 0) is 54.8 Å². The lowest BCUT2D eigenvalue weighted by Crippen LogP contribution is -2.25. The number of rotatable bonds is 4. The van der Waals surface area contributed by atoms with Crippen LogP contribution in [0.3, 0.4) is 0 Å². The Morgan fingerprint density at radius 3 is 2.32 bits per heavy atom. The molecule has 0 saturated carbocycles. The zero-order chi connectivity index (χ0) is 15.9. The molecule has 0 saturated heterocycles. The molecule has 0 aliphatic heterocycles. The zero-order valence-corrected chi connectivity index (χ0v) is 12.9. The second-order valence-electron chi connectivity index (χ2n) is 4.86. The van der Waals surface area contributed by atoms with Gasteiger partial charge in [0, 0.05) is 5.69 Å².